The molecule has 58 valence electrons. The van der Waals surface area contributed by atoms with Gasteiger partial charge in [0.1, 0.15) is 0 Å². The molecule has 0 bridgehead atoms. The Morgan fingerprint density at radius 3 is 1.22 bits per heavy atom. The van der Waals surface area contributed by atoms with E-state index in [1.807, 2.05) is 0 Å². The molecule has 0 saturated heterocycles. The topological polar surface area (TPSA) is 0 Å². The second-order valence-corrected chi connectivity index (χ2v) is 10.0. The fourth-order valence-electron chi connectivity index (χ4n) is 1.00. The minimum absolute atomic E-state index is 0.824. The summed E-state index contributed by atoms with van der Waals surface area (Å²) in [7, 11) is -0.824. The summed E-state index contributed by atoms with van der Waals surface area (Å²) in [5.41, 5.74) is 0.956. The number of hydrogen-bond acceptors (Lipinski definition) is 0. The Labute approximate surface area is 60.4 Å². The molecule has 0 rings (SSSR count). The van der Waals surface area contributed by atoms with E-state index in [0.29, 0.717) is 0 Å². The summed E-state index contributed by atoms with van der Waals surface area (Å²) in [4.78, 5) is 0. The third-order valence-corrected chi connectivity index (χ3v) is 5.76. The molecule has 1 heteroatoms. The predicted octanol–water partition coefficient (Wildman–Crippen LogP) is 2.67. The van der Waals surface area contributed by atoms with Crippen LogP contribution in [0.5, 0.6) is 0 Å². The van der Waals surface area contributed by atoms with E-state index < -0.39 is 7.26 Å². The van der Waals surface area contributed by atoms with Crippen LogP contribution >= 0.6 is 7.26 Å². The molecule has 1 atom stereocenters. The van der Waals surface area contributed by atoms with Crippen molar-refractivity contribution in [3.05, 3.63) is 0 Å². The van der Waals surface area contributed by atoms with Crippen LogP contribution in [-0.2, 0) is 0 Å². The zero-order valence-corrected chi connectivity index (χ0v) is 8.65. The van der Waals surface area contributed by atoms with Crippen LogP contribution in [0.25, 0.3) is 0 Å². The van der Waals surface area contributed by atoms with Crippen molar-refractivity contribution in [2.45, 2.75) is 26.4 Å². The molecule has 0 aromatic rings. The van der Waals surface area contributed by atoms with E-state index in [4.69, 9.17) is 0 Å². The molecule has 0 spiro atoms. The summed E-state index contributed by atoms with van der Waals surface area (Å²) >= 11 is 0. The Morgan fingerprint density at radius 2 is 1.22 bits per heavy atom. The monoisotopic (exact) mass is 148 g/mol. The van der Waals surface area contributed by atoms with E-state index in [1.165, 1.54) is 0 Å². The molecule has 0 N–H and O–H groups in total. The summed E-state index contributed by atoms with van der Waals surface area (Å²) < 4.78 is 0. The zero-order chi connectivity index (χ0) is 7.65. The third kappa shape index (κ3) is 3.20. The van der Waals surface area contributed by atoms with Crippen LogP contribution in [0.3, 0.4) is 0 Å². The molecule has 0 radical (unpaired) electrons. The Balaban J connectivity index is 3.88. The van der Waals surface area contributed by atoms with Gasteiger partial charge in [-0.05, 0) is 0 Å². The van der Waals surface area contributed by atoms with Crippen molar-refractivity contribution in [2.24, 2.45) is 5.92 Å². The van der Waals surface area contributed by atoms with E-state index >= 15 is 0 Å². The second kappa shape index (κ2) is 3.01. The molecular weight excluding hydrogens is 127 g/mol. The summed E-state index contributed by atoms with van der Waals surface area (Å²) in [6.07, 6.45) is 0. The van der Waals surface area contributed by atoms with Gasteiger partial charge in [0.05, 0.1) is 0 Å². The normalized spacial score (nSPS) is 18.1. The van der Waals surface area contributed by atoms with E-state index in [-0.39, 0.29) is 0 Å². The van der Waals surface area contributed by atoms with Crippen molar-refractivity contribution >= 4 is 7.26 Å². The summed E-state index contributed by atoms with van der Waals surface area (Å²) in [6.45, 7) is 14.4. The molecule has 0 nitrogen and oxygen atoms in total. The number of hydrogen-bond donors (Lipinski definition) is 0. The van der Waals surface area contributed by atoms with Crippen molar-refractivity contribution in [1.29, 1.82) is 0 Å². The first-order chi connectivity index (χ1) is 3.85. The molecule has 0 fully saturated rings. The first kappa shape index (κ1) is 9.43. The van der Waals surface area contributed by atoms with Crippen molar-refractivity contribution in [2.75, 3.05) is 20.0 Å². The van der Waals surface area contributed by atoms with Crippen molar-refractivity contribution < 1.29 is 0 Å². The Morgan fingerprint density at radius 1 is 0.889 bits per heavy atom. The van der Waals surface area contributed by atoms with E-state index in [1.54, 1.807) is 0 Å². The van der Waals surface area contributed by atoms with Crippen molar-refractivity contribution in [3.63, 3.8) is 0 Å². The average molecular weight is 148 g/mol. The molecule has 0 aliphatic rings. The van der Waals surface area contributed by atoms with Crippen molar-refractivity contribution in [1.82, 2.24) is 0 Å². The van der Waals surface area contributed by atoms with Gasteiger partial charge < -0.3 is 0 Å². The SMILES string of the molecule is CC(C)C(C)[PH](C)(C)C. The van der Waals surface area contributed by atoms with Crippen LogP contribution in [0.1, 0.15) is 20.8 Å². The van der Waals surface area contributed by atoms with Gasteiger partial charge in [0.15, 0.2) is 0 Å². The van der Waals surface area contributed by atoms with Gasteiger partial charge in [0.2, 0.25) is 0 Å². The van der Waals surface area contributed by atoms with Crippen LogP contribution in [0, 0.1) is 5.92 Å². The molecule has 0 aliphatic carbocycles. The quantitative estimate of drug-likeness (QED) is 0.528. The van der Waals surface area contributed by atoms with Gasteiger partial charge in [-0.2, -0.15) is 0 Å². The van der Waals surface area contributed by atoms with Crippen LogP contribution in [0.4, 0.5) is 0 Å². The summed E-state index contributed by atoms with van der Waals surface area (Å²) in [5.74, 6) is 0.872. The van der Waals surface area contributed by atoms with Gasteiger partial charge in [-0.3, -0.25) is 0 Å². The fraction of sp³-hybridized carbons (Fsp3) is 1.00. The Kier molecular flexibility index (Phi) is 3.16. The molecule has 0 aromatic carbocycles. The van der Waals surface area contributed by atoms with Crippen LogP contribution < -0.4 is 0 Å². The predicted molar refractivity (Wildman–Crippen MR) is 50.4 cm³/mol. The standard InChI is InChI=1S/C8H21P/c1-7(2)8(3)9(4,5)6/h7-9H,1-6H3. The minimum atomic E-state index is -0.824. The Hall–Kier alpha value is 0.430. The second-order valence-electron chi connectivity index (χ2n) is 4.40. The molecule has 0 saturated carbocycles. The molecule has 1 unspecified atom stereocenters. The van der Waals surface area contributed by atoms with E-state index in [9.17, 15) is 0 Å². The average Bonchev–Trinajstić information content (AvgIpc) is 1.62. The molecular formula is C8H21P. The third-order valence-electron chi connectivity index (χ3n) is 2.37. The fourth-order valence-corrected chi connectivity index (χ4v) is 3.00. The molecule has 9 heavy (non-hydrogen) atoms. The van der Waals surface area contributed by atoms with Gasteiger partial charge in [0.25, 0.3) is 0 Å². The van der Waals surface area contributed by atoms with Gasteiger partial charge in [-0.1, -0.05) is 0 Å². The summed E-state index contributed by atoms with van der Waals surface area (Å²) in [6, 6.07) is 0. The van der Waals surface area contributed by atoms with Crippen LogP contribution in [0.2, 0.25) is 0 Å². The maximum absolute atomic E-state index is 2.44. The summed E-state index contributed by atoms with van der Waals surface area (Å²) in [5, 5.41) is 0. The molecule has 0 aromatic heterocycles. The number of rotatable bonds is 2. The Bertz CT molecular complexity index is 79.1. The van der Waals surface area contributed by atoms with Gasteiger partial charge in [-0.15, -0.1) is 0 Å². The molecule has 0 heterocycles. The van der Waals surface area contributed by atoms with Crippen LogP contribution in [0.15, 0.2) is 0 Å². The maximum atomic E-state index is 2.44. The first-order valence-electron chi connectivity index (χ1n) is 3.85. The van der Waals surface area contributed by atoms with Gasteiger partial charge in [-0.25, -0.2) is 0 Å². The van der Waals surface area contributed by atoms with Gasteiger partial charge >= 0.3 is 59.6 Å². The molecule has 0 aliphatic heterocycles. The van der Waals surface area contributed by atoms with E-state index in [0.717, 1.165) is 11.6 Å². The van der Waals surface area contributed by atoms with Gasteiger partial charge in [0, 0.05) is 0 Å². The molecule has 0 amide bonds. The zero-order valence-electron chi connectivity index (χ0n) is 7.65. The van der Waals surface area contributed by atoms with Crippen molar-refractivity contribution in [3.8, 4) is 0 Å². The van der Waals surface area contributed by atoms with E-state index in [2.05, 4.69) is 40.8 Å². The van der Waals surface area contributed by atoms with Crippen LogP contribution in [-0.4, -0.2) is 25.7 Å². The first-order valence-corrected chi connectivity index (χ1v) is 7.43.